The Bertz CT molecular complexity index is 379. The number of carbonyl (C=O) groups excluding carboxylic acids is 1. The average Bonchev–Trinajstić information content (AvgIpc) is 2.63. The van der Waals surface area contributed by atoms with Gasteiger partial charge in [-0.15, -0.1) is 0 Å². The highest BCUT2D eigenvalue weighted by Crippen LogP contribution is 2.16. The second kappa shape index (κ2) is 6.52. The molecule has 1 fully saturated rings. The topological polar surface area (TPSA) is 66.5 Å². The summed E-state index contributed by atoms with van der Waals surface area (Å²) in [7, 11) is -0.953. The fourth-order valence-electron chi connectivity index (χ4n) is 1.99. The SMILES string of the molecule is CC(C)CNC(=O)CCN(C)C1CCS(=O)(=O)C1. The largest absolute Gasteiger partial charge is 0.356 e. The Morgan fingerprint density at radius 2 is 2.11 bits per heavy atom. The fraction of sp³-hybridized carbons (Fsp3) is 0.917. The Kier molecular flexibility index (Phi) is 5.59. The summed E-state index contributed by atoms with van der Waals surface area (Å²) in [6.45, 7) is 5.41. The van der Waals surface area contributed by atoms with Crippen LogP contribution in [0.3, 0.4) is 0 Å². The summed E-state index contributed by atoms with van der Waals surface area (Å²) in [6.07, 6.45) is 1.12. The quantitative estimate of drug-likeness (QED) is 0.756. The first-order valence-corrected chi connectivity index (χ1v) is 8.29. The molecule has 0 spiro atoms. The van der Waals surface area contributed by atoms with Crippen molar-refractivity contribution in [1.29, 1.82) is 0 Å². The second-order valence-corrected chi connectivity index (χ2v) is 7.71. The van der Waals surface area contributed by atoms with Crippen LogP contribution in [0.4, 0.5) is 0 Å². The van der Waals surface area contributed by atoms with Crippen LogP contribution in [0.15, 0.2) is 0 Å². The van der Waals surface area contributed by atoms with Crippen LogP contribution in [-0.2, 0) is 14.6 Å². The van der Waals surface area contributed by atoms with E-state index in [1.807, 2.05) is 11.9 Å². The van der Waals surface area contributed by atoms with Gasteiger partial charge in [-0.2, -0.15) is 0 Å². The van der Waals surface area contributed by atoms with Crippen molar-refractivity contribution in [2.24, 2.45) is 5.92 Å². The van der Waals surface area contributed by atoms with E-state index in [0.717, 1.165) is 0 Å². The highest BCUT2D eigenvalue weighted by Gasteiger charge is 2.30. The number of rotatable bonds is 6. The van der Waals surface area contributed by atoms with E-state index < -0.39 is 9.84 Å². The molecule has 1 saturated heterocycles. The zero-order valence-electron chi connectivity index (χ0n) is 11.5. The van der Waals surface area contributed by atoms with Gasteiger partial charge in [-0.05, 0) is 19.4 Å². The van der Waals surface area contributed by atoms with E-state index in [4.69, 9.17) is 0 Å². The molecule has 0 aromatic heterocycles. The number of hydrogen-bond acceptors (Lipinski definition) is 4. The van der Waals surface area contributed by atoms with E-state index in [-0.39, 0.29) is 23.5 Å². The number of nitrogens with one attached hydrogen (secondary N) is 1. The van der Waals surface area contributed by atoms with Crippen molar-refractivity contribution in [3.05, 3.63) is 0 Å². The van der Waals surface area contributed by atoms with Gasteiger partial charge in [0.25, 0.3) is 0 Å². The van der Waals surface area contributed by atoms with Crippen molar-refractivity contribution < 1.29 is 13.2 Å². The monoisotopic (exact) mass is 276 g/mol. The van der Waals surface area contributed by atoms with Crippen LogP contribution < -0.4 is 5.32 Å². The van der Waals surface area contributed by atoms with Gasteiger partial charge >= 0.3 is 0 Å². The Labute approximate surface area is 110 Å². The van der Waals surface area contributed by atoms with Gasteiger partial charge in [-0.1, -0.05) is 13.8 Å². The normalized spacial score (nSPS) is 22.6. The maximum atomic E-state index is 11.5. The summed E-state index contributed by atoms with van der Waals surface area (Å²) in [5, 5.41) is 2.86. The summed E-state index contributed by atoms with van der Waals surface area (Å²) >= 11 is 0. The van der Waals surface area contributed by atoms with Crippen molar-refractivity contribution in [2.45, 2.75) is 32.7 Å². The highest BCUT2D eigenvalue weighted by atomic mass is 32.2. The number of amides is 1. The lowest BCUT2D eigenvalue weighted by atomic mass is 10.2. The minimum absolute atomic E-state index is 0.0383. The molecule has 0 saturated carbocycles. The van der Waals surface area contributed by atoms with Gasteiger partial charge in [-0.3, -0.25) is 4.79 Å². The first-order chi connectivity index (χ1) is 8.30. The molecule has 0 aliphatic carbocycles. The molecular formula is C12H24N2O3S. The fourth-order valence-corrected chi connectivity index (χ4v) is 3.80. The Morgan fingerprint density at radius 1 is 1.44 bits per heavy atom. The van der Waals surface area contributed by atoms with Crippen molar-refractivity contribution >= 4 is 15.7 Å². The molecule has 0 bridgehead atoms. The average molecular weight is 276 g/mol. The minimum Gasteiger partial charge on any atom is -0.356 e. The van der Waals surface area contributed by atoms with Gasteiger partial charge < -0.3 is 10.2 Å². The summed E-state index contributed by atoms with van der Waals surface area (Å²) in [5.74, 6) is 1.00. The maximum Gasteiger partial charge on any atom is 0.221 e. The number of nitrogens with zero attached hydrogens (tertiary/aromatic N) is 1. The van der Waals surface area contributed by atoms with Crippen LogP contribution in [0, 0.1) is 5.92 Å². The molecule has 1 unspecified atom stereocenters. The summed E-state index contributed by atoms with van der Waals surface area (Å²) < 4.78 is 22.7. The van der Waals surface area contributed by atoms with Crippen LogP contribution >= 0.6 is 0 Å². The predicted octanol–water partition coefficient (Wildman–Crippen LogP) is 0.268. The molecule has 1 rings (SSSR count). The van der Waals surface area contributed by atoms with Crippen LogP contribution in [0.5, 0.6) is 0 Å². The molecule has 6 heteroatoms. The first-order valence-electron chi connectivity index (χ1n) is 6.47. The summed E-state index contributed by atoms with van der Waals surface area (Å²) in [4.78, 5) is 13.5. The smallest absolute Gasteiger partial charge is 0.221 e. The Balaban J connectivity index is 2.25. The maximum absolute atomic E-state index is 11.5. The highest BCUT2D eigenvalue weighted by molar-refractivity contribution is 7.91. The third kappa shape index (κ3) is 5.35. The van der Waals surface area contributed by atoms with Crippen LogP contribution in [-0.4, -0.2) is 56.9 Å². The van der Waals surface area contributed by atoms with E-state index in [2.05, 4.69) is 19.2 Å². The second-order valence-electron chi connectivity index (χ2n) is 5.49. The van der Waals surface area contributed by atoms with Crippen molar-refractivity contribution in [3.63, 3.8) is 0 Å². The van der Waals surface area contributed by atoms with Crippen LogP contribution in [0.25, 0.3) is 0 Å². The lowest BCUT2D eigenvalue weighted by molar-refractivity contribution is -0.121. The molecule has 5 nitrogen and oxygen atoms in total. The summed E-state index contributed by atoms with van der Waals surface area (Å²) in [5.41, 5.74) is 0. The molecule has 1 aliphatic rings. The Morgan fingerprint density at radius 3 is 2.61 bits per heavy atom. The van der Waals surface area contributed by atoms with Gasteiger partial charge in [0.05, 0.1) is 11.5 Å². The van der Waals surface area contributed by atoms with Crippen LogP contribution in [0.1, 0.15) is 26.7 Å². The van der Waals surface area contributed by atoms with E-state index in [1.165, 1.54) is 0 Å². The van der Waals surface area contributed by atoms with Crippen molar-refractivity contribution in [2.75, 3.05) is 31.6 Å². The summed E-state index contributed by atoms with van der Waals surface area (Å²) in [6, 6.07) is 0.0768. The molecule has 1 amide bonds. The number of carbonyl (C=O) groups is 1. The number of hydrogen-bond donors (Lipinski definition) is 1. The molecule has 106 valence electrons. The molecule has 1 heterocycles. The predicted molar refractivity (Wildman–Crippen MR) is 72.2 cm³/mol. The molecular weight excluding hydrogens is 252 g/mol. The van der Waals surface area contributed by atoms with E-state index in [9.17, 15) is 13.2 Å². The van der Waals surface area contributed by atoms with E-state index in [0.29, 0.717) is 31.8 Å². The third-order valence-electron chi connectivity index (χ3n) is 3.23. The lowest BCUT2D eigenvalue weighted by Crippen LogP contribution is -2.36. The molecule has 1 atom stereocenters. The van der Waals surface area contributed by atoms with Crippen molar-refractivity contribution in [3.8, 4) is 0 Å². The van der Waals surface area contributed by atoms with Gasteiger partial charge in [0.1, 0.15) is 0 Å². The number of sulfone groups is 1. The Hall–Kier alpha value is -0.620. The van der Waals surface area contributed by atoms with Gasteiger partial charge in [0.2, 0.25) is 5.91 Å². The van der Waals surface area contributed by atoms with Gasteiger partial charge in [0.15, 0.2) is 9.84 Å². The molecule has 1 aliphatic heterocycles. The van der Waals surface area contributed by atoms with Gasteiger partial charge in [0, 0.05) is 25.6 Å². The van der Waals surface area contributed by atoms with E-state index >= 15 is 0 Å². The molecule has 1 N–H and O–H groups in total. The zero-order valence-corrected chi connectivity index (χ0v) is 12.3. The van der Waals surface area contributed by atoms with E-state index in [1.54, 1.807) is 0 Å². The standard InChI is InChI=1S/C12H24N2O3S/c1-10(2)8-13-12(15)4-6-14(3)11-5-7-18(16,17)9-11/h10-11H,4-9H2,1-3H3,(H,13,15). The first kappa shape index (κ1) is 15.4. The lowest BCUT2D eigenvalue weighted by Gasteiger charge is -2.22. The van der Waals surface area contributed by atoms with Crippen molar-refractivity contribution in [1.82, 2.24) is 10.2 Å². The molecule has 0 aromatic rings. The molecule has 0 aromatic carbocycles. The zero-order chi connectivity index (χ0) is 13.8. The van der Waals surface area contributed by atoms with Gasteiger partial charge in [-0.25, -0.2) is 8.42 Å². The minimum atomic E-state index is -2.84. The third-order valence-corrected chi connectivity index (χ3v) is 4.98. The molecule has 0 radical (unpaired) electrons. The van der Waals surface area contributed by atoms with Crippen LogP contribution in [0.2, 0.25) is 0 Å². The molecule has 18 heavy (non-hydrogen) atoms.